The summed E-state index contributed by atoms with van der Waals surface area (Å²) in [5.74, 6) is -0.918. The summed E-state index contributed by atoms with van der Waals surface area (Å²) in [6.07, 6.45) is 0.856. The van der Waals surface area contributed by atoms with Crippen molar-refractivity contribution in [2.45, 2.75) is 17.4 Å². The van der Waals surface area contributed by atoms with E-state index in [2.05, 4.69) is 10.0 Å². The summed E-state index contributed by atoms with van der Waals surface area (Å²) in [4.78, 5) is 14.2. The zero-order chi connectivity index (χ0) is 18.7. The molecular formula is C18H21ClFN3O3S. The van der Waals surface area contributed by atoms with Crippen molar-refractivity contribution in [1.82, 2.24) is 10.2 Å². The SMILES string of the molecule is CN(C(=O)c1cccc(S(=O)(=O)Nc2ccccc2F)c1)C1CCNC1.Cl. The summed E-state index contributed by atoms with van der Waals surface area (Å²) in [6.45, 7) is 1.57. The van der Waals surface area contributed by atoms with E-state index in [-0.39, 0.29) is 40.5 Å². The third-order valence-corrected chi connectivity index (χ3v) is 5.78. The molecule has 0 saturated carbocycles. The molecule has 1 atom stereocenters. The summed E-state index contributed by atoms with van der Waals surface area (Å²) in [6, 6.07) is 11.4. The fraction of sp³-hybridized carbons (Fsp3) is 0.278. The number of anilines is 1. The summed E-state index contributed by atoms with van der Waals surface area (Å²) >= 11 is 0. The lowest BCUT2D eigenvalue weighted by atomic mass is 10.1. The molecule has 1 unspecified atom stereocenters. The third kappa shape index (κ3) is 4.77. The maximum absolute atomic E-state index is 13.7. The van der Waals surface area contributed by atoms with Crippen LogP contribution < -0.4 is 10.0 Å². The van der Waals surface area contributed by atoms with Crippen LogP contribution in [0.3, 0.4) is 0 Å². The lowest BCUT2D eigenvalue weighted by Crippen LogP contribution is -2.38. The van der Waals surface area contributed by atoms with Gasteiger partial charge in [-0.05, 0) is 43.3 Å². The Hall–Kier alpha value is -2.16. The monoisotopic (exact) mass is 413 g/mol. The number of carbonyl (C=O) groups is 1. The predicted octanol–water partition coefficient (Wildman–Crippen LogP) is 2.48. The van der Waals surface area contributed by atoms with E-state index in [0.717, 1.165) is 19.5 Å². The number of amides is 1. The Bertz CT molecular complexity index is 918. The lowest BCUT2D eigenvalue weighted by molar-refractivity contribution is 0.0743. The van der Waals surface area contributed by atoms with Crippen molar-refractivity contribution in [3.8, 4) is 0 Å². The molecule has 0 aromatic heterocycles. The van der Waals surface area contributed by atoms with Gasteiger partial charge < -0.3 is 10.2 Å². The van der Waals surface area contributed by atoms with Gasteiger partial charge in [0.1, 0.15) is 5.82 Å². The molecule has 2 N–H and O–H groups in total. The second-order valence-corrected chi connectivity index (χ2v) is 7.86. The zero-order valence-electron chi connectivity index (χ0n) is 14.7. The van der Waals surface area contributed by atoms with Gasteiger partial charge in [0.25, 0.3) is 15.9 Å². The van der Waals surface area contributed by atoms with E-state index in [0.29, 0.717) is 0 Å². The van der Waals surface area contributed by atoms with Crippen LogP contribution in [0, 0.1) is 5.82 Å². The molecule has 9 heteroatoms. The molecule has 0 spiro atoms. The second-order valence-electron chi connectivity index (χ2n) is 6.18. The number of likely N-dealkylation sites (N-methyl/N-ethyl adjacent to an activating group) is 1. The first-order valence-corrected chi connectivity index (χ1v) is 9.72. The normalized spacial score (nSPS) is 16.4. The van der Waals surface area contributed by atoms with Gasteiger partial charge in [-0.3, -0.25) is 9.52 Å². The Kier molecular flexibility index (Phi) is 6.80. The highest BCUT2D eigenvalue weighted by Gasteiger charge is 2.25. The summed E-state index contributed by atoms with van der Waals surface area (Å²) < 4.78 is 41.0. The number of benzene rings is 2. The van der Waals surface area contributed by atoms with Gasteiger partial charge in [0.2, 0.25) is 0 Å². The number of nitrogens with zero attached hydrogens (tertiary/aromatic N) is 1. The number of hydrogen-bond donors (Lipinski definition) is 2. The largest absolute Gasteiger partial charge is 0.337 e. The van der Waals surface area contributed by atoms with E-state index >= 15 is 0 Å². The molecule has 1 fully saturated rings. The maximum atomic E-state index is 13.7. The molecule has 0 aliphatic carbocycles. The van der Waals surface area contributed by atoms with Gasteiger partial charge in [0, 0.05) is 25.2 Å². The van der Waals surface area contributed by atoms with E-state index in [1.807, 2.05) is 0 Å². The summed E-state index contributed by atoms with van der Waals surface area (Å²) in [7, 11) is -2.30. The quantitative estimate of drug-likeness (QED) is 0.789. The number of nitrogens with one attached hydrogen (secondary N) is 2. The van der Waals surface area contributed by atoms with Crippen LogP contribution in [0.4, 0.5) is 10.1 Å². The van der Waals surface area contributed by atoms with Crippen LogP contribution >= 0.6 is 12.4 Å². The molecular weight excluding hydrogens is 393 g/mol. The zero-order valence-corrected chi connectivity index (χ0v) is 16.3. The van der Waals surface area contributed by atoms with Crippen molar-refractivity contribution in [2.24, 2.45) is 0 Å². The number of para-hydroxylation sites is 1. The second kappa shape index (κ2) is 8.69. The predicted molar refractivity (Wildman–Crippen MR) is 104 cm³/mol. The van der Waals surface area contributed by atoms with Crippen molar-refractivity contribution in [2.75, 3.05) is 24.9 Å². The summed E-state index contributed by atoms with van der Waals surface area (Å²) in [5.41, 5.74) is 0.134. The minimum absolute atomic E-state index is 0. The van der Waals surface area contributed by atoms with Gasteiger partial charge in [-0.15, -0.1) is 12.4 Å². The molecule has 1 aliphatic heterocycles. The van der Waals surface area contributed by atoms with Crippen LogP contribution in [0.1, 0.15) is 16.8 Å². The van der Waals surface area contributed by atoms with Crippen LogP contribution in [-0.4, -0.2) is 45.4 Å². The number of carbonyl (C=O) groups excluding carboxylic acids is 1. The molecule has 0 radical (unpaired) electrons. The average molecular weight is 414 g/mol. The van der Waals surface area contributed by atoms with Crippen molar-refractivity contribution < 1.29 is 17.6 Å². The molecule has 2 aromatic rings. The molecule has 1 saturated heterocycles. The van der Waals surface area contributed by atoms with Gasteiger partial charge in [0.15, 0.2) is 0 Å². The average Bonchev–Trinajstić information content (AvgIpc) is 3.17. The van der Waals surface area contributed by atoms with E-state index in [1.165, 1.54) is 42.5 Å². The van der Waals surface area contributed by atoms with Crippen LogP contribution in [-0.2, 0) is 10.0 Å². The Labute approximate surface area is 164 Å². The fourth-order valence-corrected chi connectivity index (χ4v) is 4.00. The van der Waals surface area contributed by atoms with E-state index in [4.69, 9.17) is 0 Å². The standard InChI is InChI=1S/C18H20FN3O3S.ClH/c1-22(14-9-10-20-12-14)18(23)13-5-4-6-15(11-13)26(24,25)21-17-8-3-2-7-16(17)19;/h2-8,11,14,20-21H,9-10,12H2,1H3;1H. The molecule has 27 heavy (non-hydrogen) atoms. The minimum atomic E-state index is -4.01. The van der Waals surface area contributed by atoms with Gasteiger partial charge in [0.05, 0.1) is 10.6 Å². The molecule has 1 amide bonds. The van der Waals surface area contributed by atoms with Crippen molar-refractivity contribution in [3.05, 3.63) is 59.9 Å². The molecule has 3 rings (SSSR count). The van der Waals surface area contributed by atoms with Gasteiger partial charge in [-0.2, -0.15) is 0 Å². The van der Waals surface area contributed by atoms with Crippen molar-refractivity contribution in [3.63, 3.8) is 0 Å². The van der Waals surface area contributed by atoms with E-state index in [9.17, 15) is 17.6 Å². The van der Waals surface area contributed by atoms with Crippen molar-refractivity contribution in [1.29, 1.82) is 0 Å². The number of halogens is 2. The first-order valence-electron chi connectivity index (χ1n) is 8.24. The molecule has 2 aromatic carbocycles. The summed E-state index contributed by atoms with van der Waals surface area (Å²) in [5, 5.41) is 3.19. The van der Waals surface area contributed by atoms with Crippen LogP contribution in [0.5, 0.6) is 0 Å². The van der Waals surface area contributed by atoms with Gasteiger partial charge in [-0.25, -0.2) is 12.8 Å². The molecule has 146 valence electrons. The molecule has 0 bridgehead atoms. The van der Waals surface area contributed by atoms with Crippen LogP contribution in [0.25, 0.3) is 0 Å². The smallest absolute Gasteiger partial charge is 0.262 e. The van der Waals surface area contributed by atoms with Crippen LogP contribution in [0.15, 0.2) is 53.4 Å². The lowest BCUT2D eigenvalue weighted by Gasteiger charge is -2.24. The number of rotatable bonds is 5. The van der Waals surface area contributed by atoms with Crippen molar-refractivity contribution >= 4 is 34.0 Å². The Morgan fingerprint density at radius 2 is 1.96 bits per heavy atom. The third-order valence-electron chi connectivity index (χ3n) is 4.41. The highest BCUT2D eigenvalue weighted by atomic mass is 35.5. The number of hydrogen-bond acceptors (Lipinski definition) is 4. The Morgan fingerprint density at radius 3 is 2.63 bits per heavy atom. The van der Waals surface area contributed by atoms with Gasteiger partial charge in [-0.1, -0.05) is 18.2 Å². The van der Waals surface area contributed by atoms with Gasteiger partial charge >= 0.3 is 0 Å². The highest BCUT2D eigenvalue weighted by Crippen LogP contribution is 2.20. The van der Waals surface area contributed by atoms with Crippen LogP contribution in [0.2, 0.25) is 0 Å². The fourth-order valence-electron chi connectivity index (χ4n) is 2.88. The minimum Gasteiger partial charge on any atom is -0.337 e. The Balaban J connectivity index is 0.00000261. The molecule has 1 aliphatic rings. The first-order chi connectivity index (χ1) is 12.4. The Morgan fingerprint density at radius 1 is 1.22 bits per heavy atom. The molecule has 1 heterocycles. The first kappa shape index (κ1) is 21.1. The highest BCUT2D eigenvalue weighted by molar-refractivity contribution is 7.92. The topological polar surface area (TPSA) is 78.5 Å². The van der Waals surface area contributed by atoms with E-state index in [1.54, 1.807) is 18.0 Å². The maximum Gasteiger partial charge on any atom is 0.262 e. The number of sulfonamides is 1. The van der Waals surface area contributed by atoms with E-state index < -0.39 is 15.8 Å². The molecule has 6 nitrogen and oxygen atoms in total.